The van der Waals surface area contributed by atoms with E-state index in [1.54, 1.807) is 30.3 Å². The van der Waals surface area contributed by atoms with E-state index in [4.69, 9.17) is 4.74 Å². The molecule has 0 spiro atoms. The van der Waals surface area contributed by atoms with E-state index < -0.39 is 0 Å². The number of nitrogens with zero attached hydrogens (tertiary/aromatic N) is 1. The highest BCUT2D eigenvalue weighted by molar-refractivity contribution is 6.06. The second kappa shape index (κ2) is 5.97. The van der Waals surface area contributed by atoms with Gasteiger partial charge in [-0.2, -0.15) is 0 Å². The molecule has 1 amide bonds. The Morgan fingerprint density at radius 2 is 2.16 bits per heavy atom. The molecule has 98 valence electrons. The van der Waals surface area contributed by atoms with Crippen LogP contribution in [0.1, 0.15) is 15.9 Å². The Kier molecular flexibility index (Phi) is 4.10. The summed E-state index contributed by atoms with van der Waals surface area (Å²) in [5.41, 5.74) is 1.63. The van der Waals surface area contributed by atoms with Crippen LogP contribution in [-0.2, 0) is 6.61 Å². The smallest absolute Gasteiger partial charge is 0.259 e. The third kappa shape index (κ3) is 2.89. The quantitative estimate of drug-likeness (QED) is 0.877. The van der Waals surface area contributed by atoms with Gasteiger partial charge in [-0.25, -0.2) is 0 Å². The molecule has 0 aliphatic carbocycles. The molecule has 1 aromatic heterocycles. The minimum Gasteiger partial charge on any atom is -0.494 e. The van der Waals surface area contributed by atoms with Crippen molar-refractivity contribution in [1.29, 1.82) is 0 Å². The molecule has 0 saturated heterocycles. The number of anilines is 1. The highest BCUT2D eigenvalue weighted by atomic mass is 16.5. The van der Waals surface area contributed by atoms with Crippen molar-refractivity contribution in [2.45, 2.75) is 6.61 Å². The molecule has 1 aromatic carbocycles. The van der Waals surface area contributed by atoms with E-state index in [1.807, 2.05) is 0 Å². The molecule has 0 radical (unpaired) electrons. The summed E-state index contributed by atoms with van der Waals surface area (Å²) in [5.74, 6) is 0.0987. The molecule has 2 N–H and O–H groups in total. The molecule has 0 saturated carbocycles. The molecule has 0 aliphatic rings. The molecule has 2 aromatic rings. The Balaban J connectivity index is 2.26. The molecular formula is C14H14N2O3. The number of methoxy groups -OCH3 is 1. The van der Waals surface area contributed by atoms with Crippen LogP contribution in [0.25, 0.3) is 0 Å². The standard InChI is InChI=1S/C14H14N2O3/c1-19-13-8-15-7-6-11(13)14(18)16-12-5-3-2-4-10(12)9-17/h2-8,17H,9H2,1H3,(H,16,18). The monoisotopic (exact) mass is 258 g/mol. The van der Waals surface area contributed by atoms with Crippen molar-refractivity contribution < 1.29 is 14.6 Å². The molecule has 5 nitrogen and oxygen atoms in total. The fourth-order valence-electron chi connectivity index (χ4n) is 1.70. The maximum atomic E-state index is 12.2. The predicted octanol–water partition coefficient (Wildman–Crippen LogP) is 1.83. The van der Waals surface area contributed by atoms with Gasteiger partial charge in [0, 0.05) is 17.4 Å². The minimum absolute atomic E-state index is 0.135. The molecule has 5 heteroatoms. The average Bonchev–Trinajstić information content (AvgIpc) is 2.47. The van der Waals surface area contributed by atoms with Crippen molar-refractivity contribution in [3.05, 3.63) is 53.9 Å². The zero-order chi connectivity index (χ0) is 13.7. The maximum Gasteiger partial charge on any atom is 0.259 e. The lowest BCUT2D eigenvalue weighted by Crippen LogP contribution is -2.14. The van der Waals surface area contributed by atoms with Crippen molar-refractivity contribution in [2.24, 2.45) is 0 Å². The van der Waals surface area contributed by atoms with Gasteiger partial charge in [-0.15, -0.1) is 0 Å². The van der Waals surface area contributed by atoms with E-state index in [-0.39, 0.29) is 12.5 Å². The largest absolute Gasteiger partial charge is 0.494 e. The second-order valence-corrected chi connectivity index (χ2v) is 3.85. The van der Waals surface area contributed by atoms with E-state index in [2.05, 4.69) is 10.3 Å². The summed E-state index contributed by atoms with van der Waals surface area (Å²) in [6, 6.07) is 8.65. The van der Waals surface area contributed by atoms with Gasteiger partial charge in [0.2, 0.25) is 0 Å². The van der Waals surface area contributed by atoms with Crippen LogP contribution in [0.4, 0.5) is 5.69 Å². The summed E-state index contributed by atoms with van der Waals surface area (Å²) in [7, 11) is 1.48. The van der Waals surface area contributed by atoms with Crippen molar-refractivity contribution in [2.75, 3.05) is 12.4 Å². The lowest BCUT2D eigenvalue weighted by Gasteiger charge is -2.11. The van der Waals surface area contributed by atoms with Gasteiger partial charge in [0.15, 0.2) is 0 Å². The van der Waals surface area contributed by atoms with E-state index in [9.17, 15) is 9.90 Å². The van der Waals surface area contributed by atoms with Crippen LogP contribution in [0.15, 0.2) is 42.7 Å². The Morgan fingerprint density at radius 3 is 2.89 bits per heavy atom. The molecule has 0 unspecified atom stereocenters. The van der Waals surface area contributed by atoms with Crippen molar-refractivity contribution in [3.8, 4) is 5.75 Å². The zero-order valence-corrected chi connectivity index (χ0v) is 10.5. The highest BCUT2D eigenvalue weighted by Crippen LogP contribution is 2.20. The predicted molar refractivity (Wildman–Crippen MR) is 71.1 cm³/mol. The Labute approximate surface area is 110 Å². The molecule has 1 heterocycles. The summed E-state index contributed by atoms with van der Waals surface area (Å²) in [6.45, 7) is -0.135. The van der Waals surface area contributed by atoms with Crippen molar-refractivity contribution >= 4 is 11.6 Å². The van der Waals surface area contributed by atoms with E-state index in [1.165, 1.54) is 19.5 Å². The number of aromatic nitrogens is 1. The van der Waals surface area contributed by atoms with Crippen LogP contribution in [0, 0.1) is 0 Å². The van der Waals surface area contributed by atoms with Crippen LogP contribution in [-0.4, -0.2) is 23.1 Å². The summed E-state index contributed by atoms with van der Waals surface area (Å²) in [6.07, 6.45) is 3.00. The van der Waals surface area contributed by atoms with Gasteiger partial charge in [-0.05, 0) is 12.1 Å². The number of benzene rings is 1. The number of aliphatic hydroxyl groups is 1. The van der Waals surface area contributed by atoms with Crippen LogP contribution >= 0.6 is 0 Å². The van der Waals surface area contributed by atoms with Gasteiger partial charge >= 0.3 is 0 Å². The fraction of sp³-hybridized carbons (Fsp3) is 0.143. The fourth-order valence-corrected chi connectivity index (χ4v) is 1.70. The first kappa shape index (κ1) is 13.0. The van der Waals surface area contributed by atoms with Gasteiger partial charge < -0.3 is 15.2 Å². The highest BCUT2D eigenvalue weighted by Gasteiger charge is 2.13. The summed E-state index contributed by atoms with van der Waals surface area (Å²) < 4.78 is 5.09. The van der Waals surface area contributed by atoms with Gasteiger partial charge in [-0.3, -0.25) is 9.78 Å². The van der Waals surface area contributed by atoms with Crippen LogP contribution < -0.4 is 10.1 Å². The zero-order valence-electron chi connectivity index (χ0n) is 10.5. The van der Waals surface area contributed by atoms with Crippen LogP contribution in [0.5, 0.6) is 5.75 Å². The normalized spacial score (nSPS) is 10.0. The number of rotatable bonds is 4. The lowest BCUT2D eigenvalue weighted by atomic mass is 10.1. The third-order valence-corrected chi connectivity index (χ3v) is 2.68. The SMILES string of the molecule is COc1cnccc1C(=O)Nc1ccccc1CO. The number of carbonyl (C=O) groups is 1. The topological polar surface area (TPSA) is 71.5 Å². The Morgan fingerprint density at radius 1 is 1.37 bits per heavy atom. The molecular weight excluding hydrogens is 244 g/mol. The van der Waals surface area contributed by atoms with Crippen molar-refractivity contribution in [1.82, 2.24) is 4.98 Å². The second-order valence-electron chi connectivity index (χ2n) is 3.85. The van der Waals surface area contributed by atoms with Crippen LogP contribution in [0.2, 0.25) is 0 Å². The molecule has 0 aliphatic heterocycles. The minimum atomic E-state index is -0.305. The first-order chi connectivity index (χ1) is 9.26. The molecule has 2 rings (SSSR count). The van der Waals surface area contributed by atoms with E-state index in [0.29, 0.717) is 22.6 Å². The van der Waals surface area contributed by atoms with Gasteiger partial charge in [-0.1, -0.05) is 18.2 Å². The summed E-state index contributed by atoms with van der Waals surface area (Å²) >= 11 is 0. The number of hydrogen-bond acceptors (Lipinski definition) is 4. The first-order valence-corrected chi connectivity index (χ1v) is 5.74. The Bertz CT molecular complexity index is 584. The van der Waals surface area contributed by atoms with Crippen LogP contribution in [0.3, 0.4) is 0 Å². The number of hydrogen-bond donors (Lipinski definition) is 2. The van der Waals surface area contributed by atoms with Gasteiger partial charge in [0.1, 0.15) is 5.75 Å². The number of ether oxygens (including phenoxy) is 1. The number of carbonyl (C=O) groups excluding carboxylic acids is 1. The number of amides is 1. The number of pyridine rings is 1. The molecule has 0 fully saturated rings. The van der Waals surface area contributed by atoms with Gasteiger partial charge in [0.25, 0.3) is 5.91 Å². The average molecular weight is 258 g/mol. The van der Waals surface area contributed by atoms with Crippen molar-refractivity contribution in [3.63, 3.8) is 0 Å². The lowest BCUT2D eigenvalue weighted by molar-refractivity contribution is 0.102. The molecule has 19 heavy (non-hydrogen) atoms. The number of para-hydroxylation sites is 1. The summed E-state index contributed by atoms with van der Waals surface area (Å²) in [4.78, 5) is 16.1. The summed E-state index contributed by atoms with van der Waals surface area (Å²) in [5, 5.41) is 12.0. The Hall–Kier alpha value is -2.40. The number of aliphatic hydroxyl groups excluding tert-OH is 1. The molecule has 0 atom stereocenters. The maximum absolute atomic E-state index is 12.2. The third-order valence-electron chi connectivity index (χ3n) is 2.68. The van der Waals surface area contributed by atoms with E-state index >= 15 is 0 Å². The van der Waals surface area contributed by atoms with E-state index in [0.717, 1.165) is 0 Å². The first-order valence-electron chi connectivity index (χ1n) is 5.74. The number of nitrogens with one attached hydrogen (secondary N) is 1. The van der Waals surface area contributed by atoms with Gasteiger partial charge in [0.05, 0.1) is 25.5 Å². The molecule has 0 bridgehead atoms.